The topological polar surface area (TPSA) is 64.6 Å². The molecule has 0 spiro atoms. The summed E-state index contributed by atoms with van der Waals surface area (Å²) in [6, 6.07) is 0. The van der Waals surface area contributed by atoms with Crippen LogP contribution in [0.1, 0.15) is 59.8 Å². The van der Waals surface area contributed by atoms with Crippen molar-refractivity contribution in [2.75, 3.05) is 14.2 Å². The van der Waals surface area contributed by atoms with Crippen LogP contribution < -0.4 is 5.32 Å². The van der Waals surface area contributed by atoms with Gasteiger partial charge in [0.2, 0.25) is 0 Å². The van der Waals surface area contributed by atoms with Crippen molar-refractivity contribution in [2.24, 2.45) is 17.3 Å². The first-order chi connectivity index (χ1) is 10.1. The van der Waals surface area contributed by atoms with Crippen LogP contribution in [0, 0.1) is 17.3 Å². The van der Waals surface area contributed by atoms with Gasteiger partial charge in [-0.2, -0.15) is 0 Å². The highest BCUT2D eigenvalue weighted by molar-refractivity contribution is 5.70. The summed E-state index contributed by atoms with van der Waals surface area (Å²) in [6.07, 6.45) is 4.37. The van der Waals surface area contributed by atoms with Gasteiger partial charge in [0.1, 0.15) is 0 Å². The molecule has 22 heavy (non-hydrogen) atoms. The maximum atomic E-state index is 11.6. The maximum Gasteiger partial charge on any atom is 0.407 e. The molecule has 2 atom stereocenters. The lowest BCUT2D eigenvalue weighted by atomic mass is 9.63. The van der Waals surface area contributed by atoms with Gasteiger partial charge in [-0.25, -0.2) is 4.79 Å². The lowest BCUT2D eigenvalue weighted by Crippen LogP contribution is -2.51. The van der Waals surface area contributed by atoms with Crippen molar-refractivity contribution in [1.29, 1.82) is 0 Å². The molecule has 1 rings (SSSR count). The molecule has 1 N–H and O–H groups in total. The molecule has 128 valence electrons. The number of esters is 1. The summed E-state index contributed by atoms with van der Waals surface area (Å²) in [7, 11) is 2.82. The molecule has 5 nitrogen and oxygen atoms in total. The van der Waals surface area contributed by atoms with E-state index in [2.05, 4.69) is 19.2 Å². The SMILES string of the molecule is COC(=O)CC(C)(C)C1CCCC(C(C)(C)NC(=O)OC)C1. The van der Waals surface area contributed by atoms with Crippen molar-refractivity contribution in [3.05, 3.63) is 0 Å². The van der Waals surface area contributed by atoms with Crippen LogP contribution in [0.2, 0.25) is 0 Å². The second kappa shape index (κ2) is 7.34. The average Bonchev–Trinajstić information content (AvgIpc) is 2.46. The first kappa shape index (κ1) is 18.8. The zero-order valence-electron chi connectivity index (χ0n) is 14.8. The summed E-state index contributed by atoms with van der Waals surface area (Å²) in [5, 5.41) is 2.95. The second-order valence-electron chi connectivity index (χ2n) is 7.64. The van der Waals surface area contributed by atoms with Gasteiger partial charge in [-0.15, -0.1) is 0 Å². The van der Waals surface area contributed by atoms with E-state index in [0.29, 0.717) is 18.3 Å². The van der Waals surface area contributed by atoms with Gasteiger partial charge >= 0.3 is 12.1 Å². The molecule has 0 aliphatic heterocycles. The fourth-order valence-electron chi connectivity index (χ4n) is 3.56. The van der Waals surface area contributed by atoms with Gasteiger partial charge in [-0.3, -0.25) is 4.79 Å². The van der Waals surface area contributed by atoms with E-state index in [-0.39, 0.29) is 23.0 Å². The van der Waals surface area contributed by atoms with E-state index in [0.717, 1.165) is 25.7 Å². The summed E-state index contributed by atoms with van der Waals surface area (Å²) >= 11 is 0. The zero-order chi connectivity index (χ0) is 17.0. The number of amides is 1. The van der Waals surface area contributed by atoms with Crippen LogP contribution in [-0.2, 0) is 14.3 Å². The minimum absolute atomic E-state index is 0.0902. The number of ether oxygens (including phenoxy) is 2. The van der Waals surface area contributed by atoms with Gasteiger partial charge in [-0.1, -0.05) is 20.3 Å². The van der Waals surface area contributed by atoms with Crippen molar-refractivity contribution >= 4 is 12.1 Å². The Bertz CT molecular complexity index is 367. The lowest BCUT2D eigenvalue weighted by Gasteiger charge is -2.44. The highest BCUT2D eigenvalue weighted by Crippen LogP contribution is 2.45. The van der Waals surface area contributed by atoms with Gasteiger partial charge in [-0.05, 0) is 50.4 Å². The van der Waals surface area contributed by atoms with Gasteiger partial charge in [0.15, 0.2) is 0 Å². The standard InChI is InChI=1S/C17H31NO4/c1-16(2,11-14(19)21-5)12-8-7-9-13(10-12)17(3,4)18-15(20)22-6/h12-13H,7-11H2,1-6H3,(H,18,20). The summed E-state index contributed by atoms with van der Waals surface area (Å²) in [5.41, 5.74) is -0.403. The van der Waals surface area contributed by atoms with Crippen LogP contribution in [0.4, 0.5) is 4.79 Å². The Hall–Kier alpha value is -1.26. The maximum absolute atomic E-state index is 11.6. The Morgan fingerprint density at radius 2 is 1.64 bits per heavy atom. The Kier molecular flexibility index (Phi) is 6.27. The molecule has 1 aliphatic rings. The molecule has 1 fully saturated rings. The molecule has 5 heteroatoms. The molecule has 0 aromatic rings. The Morgan fingerprint density at radius 3 is 2.18 bits per heavy atom. The number of methoxy groups -OCH3 is 2. The smallest absolute Gasteiger partial charge is 0.407 e. The third-order valence-corrected chi connectivity index (χ3v) is 5.24. The number of rotatable bonds is 5. The molecule has 1 amide bonds. The minimum atomic E-state index is -0.388. The van der Waals surface area contributed by atoms with E-state index in [4.69, 9.17) is 9.47 Å². The third kappa shape index (κ3) is 4.89. The summed E-state index contributed by atoms with van der Waals surface area (Å²) in [5.74, 6) is 0.672. The monoisotopic (exact) mass is 313 g/mol. The van der Waals surface area contributed by atoms with Crippen LogP contribution in [0.25, 0.3) is 0 Å². The highest BCUT2D eigenvalue weighted by atomic mass is 16.5. The van der Waals surface area contributed by atoms with E-state index in [1.165, 1.54) is 14.2 Å². The molecular weight excluding hydrogens is 282 g/mol. The first-order valence-electron chi connectivity index (χ1n) is 8.05. The largest absolute Gasteiger partial charge is 0.469 e. The average molecular weight is 313 g/mol. The Labute approximate surface area is 134 Å². The van der Waals surface area contributed by atoms with E-state index >= 15 is 0 Å². The van der Waals surface area contributed by atoms with Crippen molar-refractivity contribution in [3.63, 3.8) is 0 Å². The number of hydrogen-bond donors (Lipinski definition) is 1. The van der Waals surface area contributed by atoms with E-state index < -0.39 is 0 Å². The molecule has 1 aliphatic carbocycles. The summed E-state index contributed by atoms with van der Waals surface area (Å²) in [4.78, 5) is 23.2. The van der Waals surface area contributed by atoms with Gasteiger partial charge in [0.05, 0.1) is 20.6 Å². The predicted molar refractivity (Wildman–Crippen MR) is 85.5 cm³/mol. The Morgan fingerprint density at radius 1 is 1.05 bits per heavy atom. The first-order valence-corrected chi connectivity index (χ1v) is 8.05. The van der Waals surface area contributed by atoms with Crippen molar-refractivity contribution in [2.45, 2.75) is 65.3 Å². The number of carbonyl (C=O) groups is 2. The van der Waals surface area contributed by atoms with Crippen LogP contribution in [-0.4, -0.2) is 31.8 Å². The summed E-state index contributed by atoms with van der Waals surface area (Å²) < 4.78 is 9.55. The molecule has 0 bridgehead atoms. The number of hydrogen-bond acceptors (Lipinski definition) is 4. The van der Waals surface area contributed by atoms with E-state index in [9.17, 15) is 9.59 Å². The van der Waals surface area contributed by atoms with E-state index in [1.54, 1.807) is 0 Å². The predicted octanol–water partition coefficient (Wildman–Crippen LogP) is 3.52. The highest BCUT2D eigenvalue weighted by Gasteiger charge is 2.41. The Balaban J connectivity index is 2.75. The molecule has 0 aromatic heterocycles. The van der Waals surface area contributed by atoms with Gasteiger partial charge < -0.3 is 14.8 Å². The summed E-state index contributed by atoms with van der Waals surface area (Å²) in [6.45, 7) is 8.37. The fourth-order valence-corrected chi connectivity index (χ4v) is 3.56. The molecule has 0 aromatic carbocycles. The van der Waals surface area contributed by atoms with Crippen molar-refractivity contribution < 1.29 is 19.1 Å². The third-order valence-electron chi connectivity index (χ3n) is 5.24. The molecule has 0 saturated heterocycles. The van der Waals surface area contributed by atoms with Crippen LogP contribution >= 0.6 is 0 Å². The number of alkyl carbamates (subject to hydrolysis) is 1. The van der Waals surface area contributed by atoms with Crippen LogP contribution in [0.5, 0.6) is 0 Å². The van der Waals surface area contributed by atoms with Crippen molar-refractivity contribution in [3.8, 4) is 0 Å². The van der Waals surface area contributed by atoms with Crippen LogP contribution in [0.3, 0.4) is 0 Å². The molecule has 0 heterocycles. The quantitative estimate of drug-likeness (QED) is 0.789. The van der Waals surface area contributed by atoms with Gasteiger partial charge in [0.25, 0.3) is 0 Å². The molecule has 1 saturated carbocycles. The lowest BCUT2D eigenvalue weighted by molar-refractivity contribution is -0.144. The number of nitrogens with one attached hydrogen (secondary N) is 1. The molecular formula is C17H31NO4. The fraction of sp³-hybridized carbons (Fsp3) is 0.882. The van der Waals surface area contributed by atoms with E-state index in [1.807, 2.05) is 13.8 Å². The molecule has 0 radical (unpaired) electrons. The van der Waals surface area contributed by atoms with Crippen molar-refractivity contribution in [1.82, 2.24) is 5.32 Å². The minimum Gasteiger partial charge on any atom is -0.469 e. The molecule has 2 unspecified atom stereocenters. The number of carbonyl (C=O) groups excluding carboxylic acids is 2. The van der Waals surface area contributed by atoms with Gasteiger partial charge in [0, 0.05) is 5.54 Å². The zero-order valence-corrected chi connectivity index (χ0v) is 14.8. The van der Waals surface area contributed by atoms with Crippen LogP contribution in [0.15, 0.2) is 0 Å². The second-order valence-corrected chi connectivity index (χ2v) is 7.64. The normalized spacial score (nSPS) is 22.8.